The highest BCUT2D eigenvalue weighted by Crippen LogP contribution is 2.34. The van der Waals surface area contributed by atoms with Crippen molar-refractivity contribution in [2.24, 2.45) is 5.92 Å². The molecule has 1 fully saturated rings. The molecule has 6 heteroatoms. The van der Waals surface area contributed by atoms with Crippen LogP contribution < -0.4 is 9.62 Å². The van der Waals surface area contributed by atoms with Crippen LogP contribution in [0.2, 0.25) is 0 Å². The van der Waals surface area contributed by atoms with E-state index in [-0.39, 0.29) is 11.8 Å². The molecule has 1 aromatic carbocycles. The second-order valence-corrected chi connectivity index (χ2v) is 7.62. The molecule has 0 bridgehead atoms. The van der Waals surface area contributed by atoms with E-state index in [4.69, 9.17) is 0 Å². The van der Waals surface area contributed by atoms with Crippen LogP contribution in [-0.4, -0.2) is 26.6 Å². The Morgan fingerprint density at radius 1 is 1.23 bits per heavy atom. The molecular formula is C16H24N2O3S. The van der Waals surface area contributed by atoms with Gasteiger partial charge in [0.2, 0.25) is 15.9 Å². The van der Waals surface area contributed by atoms with E-state index in [9.17, 15) is 13.2 Å². The quantitative estimate of drug-likeness (QED) is 0.838. The van der Waals surface area contributed by atoms with Crippen molar-refractivity contribution in [1.82, 2.24) is 0 Å². The Morgan fingerprint density at radius 3 is 2.18 bits per heavy atom. The first-order valence-electron chi connectivity index (χ1n) is 7.76. The van der Waals surface area contributed by atoms with E-state index in [0.29, 0.717) is 11.7 Å². The van der Waals surface area contributed by atoms with Gasteiger partial charge in [-0.05, 0) is 49.9 Å². The van der Waals surface area contributed by atoms with Gasteiger partial charge in [0, 0.05) is 23.3 Å². The molecule has 0 radical (unpaired) electrons. The zero-order valence-electron chi connectivity index (χ0n) is 13.4. The van der Waals surface area contributed by atoms with Crippen LogP contribution >= 0.6 is 0 Å². The summed E-state index contributed by atoms with van der Waals surface area (Å²) >= 11 is 0. The van der Waals surface area contributed by atoms with Crippen molar-refractivity contribution in [3.8, 4) is 0 Å². The molecule has 0 unspecified atom stereocenters. The third kappa shape index (κ3) is 4.22. The SMILES string of the molecule is CCC(CC)C(=O)N(c1ccc(NS(C)(=O)=O)cc1)C1CC1. The average molecular weight is 324 g/mol. The van der Waals surface area contributed by atoms with Gasteiger partial charge in [-0.2, -0.15) is 0 Å². The van der Waals surface area contributed by atoms with Crippen molar-refractivity contribution in [3.05, 3.63) is 24.3 Å². The smallest absolute Gasteiger partial charge is 0.230 e. The largest absolute Gasteiger partial charge is 0.309 e. The van der Waals surface area contributed by atoms with Crippen molar-refractivity contribution in [1.29, 1.82) is 0 Å². The van der Waals surface area contributed by atoms with Crippen LogP contribution in [-0.2, 0) is 14.8 Å². The Morgan fingerprint density at radius 2 is 1.77 bits per heavy atom. The van der Waals surface area contributed by atoms with Gasteiger partial charge in [-0.3, -0.25) is 9.52 Å². The summed E-state index contributed by atoms with van der Waals surface area (Å²) in [6.07, 6.45) is 4.87. The van der Waals surface area contributed by atoms with Crippen LogP contribution in [0.4, 0.5) is 11.4 Å². The Hall–Kier alpha value is -1.56. The molecule has 0 saturated heterocycles. The second-order valence-electron chi connectivity index (χ2n) is 5.87. The Balaban J connectivity index is 2.21. The number of hydrogen-bond acceptors (Lipinski definition) is 3. The lowest BCUT2D eigenvalue weighted by molar-refractivity contribution is -0.122. The molecule has 1 N–H and O–H groups in total. The summed E-state index contributed by atoms with van der Waals surface area (Å²) in [5.74, 6) is 0.228. The fourth-order valence-electron chi connectivity index (χ4n) is 2.59. The van der Waals surface area contributed by atoms with Crippen LogP contribution in [0.15, 0.2) is 24.3 Å². The predicted molar refractivity (Wildman–Crippen MR) is 89.5 cm³/mol. The molecule has 0 atom stereocenters. The number of nitrogens with zero attached hydrogens (tertiary/aromatic N) is 1. The summed E-state index contributed by atoms with van der Waals surface area (Å²) in [6.45, 7) is 4.08. The summed E-state index contributed by atoms with van der Waals surface area (Å²) in [6, 6.07) is 7.32. The van der Waals surface area contributed by atoms with Gasteiger partial charge in [0.1, 0.15) is 0 Å². The molecule has 1 saturated carbocycles. The molecule has 1 amide bonds. The Kier molecular flexibility index (Phi) is 5.11. The van der Waals surface area contributed by atoms with Gasteiger partial charge in [-0.15, -0.1) is 0 Å². The predicted octanol–water partition coefficient (Wildman–Crippen LogP) is 2.99. The minimum absolute atomic E-state index is 0.0504. The maximum Gasteiger partial charge on any atom is 0.230 e. The molecule has 2 rings (SSSR count). The minimum atomic E-state index is -3.28. The number of carbonyl (C=O) groups excluding carboxylic acids is 1. The lowest BCUT2D eigenvalue weighted by Crippen LogP contribution is -2.37. The van der Waals surface area contributed by atoms with Gasteiger partial charge in [0.05, 0.1) is 6.26 Å². The molecule has 0 aliphatic heterocycles. The molecule has 1 aliphatic rings. The van der Waals surface area contributed by atoms with E-state index in [1.807, 2.05) is 30.9 Å². The molecule has 22 heavy (non-hydrogen) atoms. The van der Waals surface area contributed by atoms with Crippen molar-refractivity contribution >= 4 is 27.3 Å². The van der Waals surface area contributed by atoms with Crippen LogP contribution in [0.1, 0.15) is 39.5 Å². The number of anilines is 2. The molecule has 0 spiro atoms. The summed E-state index contributed by atoms with van der Waals surface area (Å²) < 4.78 is 24.9. The van der Waals surface area contributed by atoms with Gasteiger partial charge in [0.25, 0.3) is 0 Å². The number of benzene rings is 1. The topological polar surface area (TPSA) is 66.5 Å². The van der Waals surface area contributed by atoms with E-state index in [1.54, 1.807) is 12.1 Å². The van der Waals surface area contributed by atoms with Crippen molar-refractivity contribution in [3.63, 3.8) is 0 Å². The number of sulfonamides is 1. The Bertz CT molecular complexity index is 617. The fourth-order valence-corrected chi connectivity index (χ4v) is 3.15. The number of hydrogen-bond donors (Lipinski definition) is 1. The Labute approximate surface area is 132 Å². The van der Waals surface area contributed by atoms with Crippen LogP contribution in [0.3, 0.4) is 0 Å². The molecule has 5 nitrogen and oxygen atoms in total. The highest BCUT2D eigenvalue weighted by atomic mass is 32.2. The van der Waals surface area contributed by atoms with Crippen molar-refractivity contribution < 1.29 is 13.2 Å². The van der Waals surface area contributed by atoms with E-state index in [1.165, 1.54) is 0 Å². The fraction of sp³-hybridized carbons (Fsp3) is 0.562. The maximum absolute atomic E-state index is 12.7. The zero-order chi connectivity index (χ0) is 16.3. The average Bonchev–Trinajstić information content (AvgIpc) is 3.25. The highest BCUT2D eigenvalue weighted by Gasteiger charge is 2.35. The van der Waals surface area contributed by atoms with E-state index < -0.39 is 10.0 Å². The van der Waals surface area contributed by atoms with Gasteiger partial charge in [0.15, 0.2) is 0 Å². The van der Waals surface area contributed by atoms with Gasteiger partial charge in [-0.1, -0.05) is 13.8 Å². The van der Waals surface area contributed by atoms with Crippen molar-refractivity contribution in [2.75, 3.05) is 15.9 Å². The number of carbonyl (C=O) groups is 1. The van der Waals surface area contributed by atoms with Crippen LogP contribution in [0, 0.1) is 5.92 Å². The number of nitrogens with one attached hydrogen (secondary N) is 1. The van der Waals surface area contributed by atoms with E-state index in [0.717, 1.165) is 37.6 Å². The summed E-state index contributed by atoms with van der Waals surface area (Å²) in [5, 5.41) is 0. The normalized spacial score (nSPS) is 14.9. The number of rotatable bonds is 7. The molecule has 1 aliphatic carbocycles. The monoisotopic (exact) mass is 324 g/mol. The number of amides is 1. The summed E-state index contributed by atoms with van der Waals surface area (Å²) in [4.78, 5) is 14.6. The lowest BCUT2D eigenvalue weighted by atomic mass is 10.0. The van der Waals surface area contributed by atoms with Gasteiger partial charge in [-0.25, -0.2) is 8.42 Å². The third-order valence-electron chi connectivity index (χ3n) is 3.93. The standard InChI is InChI=1S/C16H24N2O3S/c1-4-12(5-2)16(19)18(15-10-11-15)14-8-6-13(7-9-14)17-22(3,20)21/h6-9,12,15,17H,4-5,10-11H2,1-3H3. The van der Waals surface area contributed by atoms with Gasteiger partial charge >= 0.3 is 0 Å². The third-order valence-corrected chi connectivity index (χ3v) is 4.54. The van der Waals surface area contributed by atoms with Gasteiger partial charge < -0.3 is 4.90 Å². The molecule has 1 aromatic rings. The molecule has 122 valence electrons. The van der Waals surface area contributed by atoms with E-state index >= 15 is 0 Å². The first kappa shape index (κ1) is 16.8. The van der Waals surface area contributed by atoms with Crippen LogP contribution in [0.5, 0.6) is 0 Å². The van der Waals surface area contributed by atoms with E-state index in [2.05, 4.69) is 4.72 Å². The lowest BCUT2D eigenvalue weighted by Gasteiger charge is -2.27. The van der Waals surface area contributed by atoms with Crippen LogP contribution in [0.25, 0.3) is 0 Å². The second kappa shape index (κ2) is 6.69. The summed E-state index contributed by atoms with van der Waals surface area (Å²) in [7, 11) is -3.28. The highest BCUT2D eigenvalue weighted by molar-refractivity contribution is 7.92. The molecular weight excluding hydrogens is 300 g/mol. The van der Waals surface area contributed by atoms with Crippen molar-refractivity contribution in [2.45, 2.75) is 45.6 Å². The minimum Gasteiger partial charge on any atom is -0.309 e. The maximum atomic E-state index is 12.7. The molecule has 0 aromatic heterocycles. The first-order valence-corrected chi connectivity index (χ1v) is 9.65. The summed E-state index contributed by atoms with van der Waals surface area (Å²) in [5.41, 5.74) is 1.36. The first-order chi connectivity index (χ1) is 10.4. The molecule has 0 heterocycles. The zero-order valence-corrected chi connectivity index (χ0v) is 14.2.